The van der Waals surface area contributed by atoms with Crippen LogP contribution in [0.1, 0.15) is 39.2 Å². The van der Waals surface area contributed by atoms with Crippen molar-refractivity contribution >= 4 is 22.2 Å². The number of ether oxygens (including phenoxy) is 2. The molecule has 1 rings (SSSR count). The maximum Gasteiger partial charge on any atom is 0.407 e. The number of amides is 1. The van der Waals surface area contributed by atoms with Crippen molar-refractivity contribution in [2.24, 2.45) is 0 Å². The summed E-state index contributed by atoms with van der Waals surface area (Å²) < 4.78 is 37.4. The molecule has 0 unspecified atom stereocenters. The summed E-state index contributed by atoms with van der Waals surface area (Å²) in [5.41, 5.74) is 0.149. The number of benzene rings is 1. The van der Waals surface area contributed by atoms with Gasteiger partial charge in [-0.1, -0.05) is 30.3 Å². The molecule has 0 bridgehead atoms. The van der Waals surface area contributed by atoms with Crippen molar-refractivity contribution in [1.29, 1.82) is 0 Å². The van der Waals surface area contributed by atoms with E-state index >= 15 is 0 Å². The smallest absolute Gasteiger partial charge is 0.407 e. The Morgan fingerprint density at radius 1 is 1.15 bits per heavy atom. The van der Waals surface area contributed by atoms with Gasteiger partial charge in [-0.05, 0) is 32.8 Å². The maximum absolute atomic E-state index is 11.9. The Bertz CT molecular complexity index is 711. The standard InChI is InChI=1S/C18H27NO7S/c1-18(2,3)26-17(21)19-15(13-25-27(4,22)23)10-11-16(20)24-12-14-8-6-5-7-9-14/h5-9,15H,10-13H2,1-4H3,(H,19,21)/t15-/m0/s1. The fraction of sp³-hybridized carbons (Fsp3) is 0.556. The van der Waals surface area contributed by atoms with Gasteiger partial charge in [0, 0.05) is 6.42 Å². The van der Waals surface area contributed by atoms with E-state index in [-0.39, 0.29) is 26.1 Å². The lowest BCUT2D eigenvalue weighted by Crippen LogP contribution is -2.42. The first kappa shape index (κ1) is 22.9. The normalized spacial score (nSPS) is 12.9. The molecule has 1 aromatic carbocycles. The summed E-state index contributed by atoms with van der Waals surface area (Å²) in [5, 5.41) is 2.52. The van der Waals surface area contributed by atoms with E-state index in [2.05, 4.69) is 5.32 Å². The van der Waals surface area contributed by atoms with Crippen LogP contribution in [-0.4, -0.2) is 45.0 Å². The number of esters is 1. The van der Waals surface area contributed by atoms with Crippen LogP contribution in [0, 0.1) is 0 Å². The highest BCUT2D eigenvalue weighted by Crippen LogP contribution is 2.09. The SMILES string of the molecule is CC(C)(C)OC(=O)N[C@@H](CCC(=O)OCc1ccccc1)COS(C)(=O)=O. The van der Waals surface area contributed by atoms with Crippen molar-refractivity contribution in [3.63, 3.8) is 0 Å². The second kappa shape index (κ2) is 10.3. The van der Waals surface area contributed by atoms with Crippen LogP contribution in [0.3, 0.4) is 0 Å². The lowest BCUT2D eigenvalue weighted by Gasteiger charge is -2.23. The van der Waals surface area contributed by atoms with E-state index in [0.717, 1.165) is 11.8 Å². The van der Waals surface area contributed by atoms with Gasteiger partial charge in [0.25, 0.3) is 10.1 Å². The van der Waals surface area contributed by atoms with E-state index in [1.54, 1.807) is 20.8 Å². The number of carbonyl (C=O) groups excluding carboxylic acids is 2. The number of hydrogen-bond donors (Lipinski definition) is 1. The van der Waals surface area contributed by atoms with Crippen LogP contribution >= 0.6 is 0 Å². The summed E-state index contributed by atoms with van der Waals surface area (Å²) in [6, 6.07) is 8.48. The Morgan fingerprint density at radius 2 is 1.78 bits per heavy atom. The minimum absolute atomic E-state index is 0.0135. The first-order valence-electron chi connectivity index (χ1n) is 8.48. The summed E-state index contributed by atoms with van der Waals surface area (Å²) in [6.45, 7) is 4.95. The van der Waals surface area contributed by atoms with Gasteiger partial charge in [0.2, 0.25) is 0 Å². The fourth-order valence-electron chi connectivity index (χ4n) is 1.98. The van der Waals surface area contributed by atoms with Crippen LogP contribution in [0.25, 0.3) is 0 Å². The number of carbonyl (C=O) groups is 2. The lowest BCUT2D eigenvalue weighted by molar-refractivity contribution is -0.145. The van der Waals surface area contributed by atoms with Crippen LogP contribution in [0.15, 0.2) is 30.3 Å². The van der Waals surface area contributed by atoms with E-state index < -0.39 is 33.8 Å². The van der Waals surface area contributed by atoms with Gasteiger partial charge in [-0.2, -0.15) is 8.42 Å². The molecule has 1 atom stereocenters. The minimum Gasteiger partial charge on any atom is -0.461 e. The summed E-state index contributed by atoms with van der Waals surface area (Å²) >= 11 is 0. The fourth-order valence-corrected chi connectivity index (χ4v) is 2.39. The van der Waals surface area contributed by atoms with Gasteiger partial charge >= 0.3 is 12.1 Å². The van der Waals surface area contributed by atoms with E-state index in [9.17, 15) is 18.0 Å². The number of hydrogen-bond acceptors (Lipinski definition) is 7. The second-order valence-corrected chi connectivity index (χ2v) is 8.66. The molecule has 0 saturated heterocycles. The van der Waals surface area contributed by atoms with Crippen LogP contribution in [0.2, 0.25) is 0 Å². The van der Waals surface area contributed by atoms with Crippen LogP contribution < -0.4 is 5.32 Å². The van der Waals surface area contributed by atoms with E-state index in [1.165, 1.54) is 0 Å². The van der Waals surface area contributed by atoms with Crippen molar-refractivity contribution in [1.82, 2.24) is 5.32 Å². The molecule has 0 aliphatic heterocycles. The summed E-state index contributed by atoms with van der Waals surface area (Å²) in [5.74, 6) is -0.464. The average molecular weight is 401 g/mol. The molecule has 0 saturated carbocycles. The molecular weight excluding hydrogens is 374 g/mol. The van der Waals surface area contributed by atoms with Crippen LogP contribution in [0.5, 0.6) is 0 Å². The van der Waals surface area contributed by atoms with E-state index in [4.69, 9.17) is 13.7 Å². The molecule has 0 spiro atoms. The molecule has 8 nitrogen and oxygen atoms in total. The Hall–Kier alpha value is -2.13. The number of rotatable bonds is 9. The van der Waals surface area contributed by atoms with Crippen molar-refractivity contribution in [2.45, 2.75) is 51.9 Å². The first-order valence-corrected chi connectivity index (χ1v) is 10.3. The predicted molar refractivity (Wildman–Crippen MR) is 99.4 cm³/mol. The Balaban J connectivity index is 2.53. The van der Waals surface area contributed by atoms with Crippen molar-refractivity contribution in [3.8, 4) is 0 Å². The molecule has 0 fully saturated rings. The number of nitrogens with one attached hydrogen (secondary N) is 1. The van der Waals surface area contributed by atoms with Gasteiger partial charge in [-0.25, -0.2) is 4.79 Å². The Labute approximate surface area is 160 Å². The van der Waals surface area contributed by atoms with Crippen LogP contribution in [0.4, 0.5) is 4.79 Å². The highest BCUT2D eigenvalue weighted by atomic mass is 32.2. The molecule has 9 heteroatoms. The minimum atomic E-state index is -3.68. The average Bonchev–Trinajstić information content (AvgIpc) is 2.54. The van der Waals surface area contributed by atoms with Gasteiger partial charge < -0.3 is 14.8 Å². The first-order chi connectivity index (χ1) is 12.4. The zero-order valence-corrected chi connectivity index (χ0v) is 16.9. The van der Waals surface area contributed by atoms with Gasteiger partial charge in [-0.3, -0.25) is 8.98 Å². The summed E-state index contributed by atoms with van der Waals surface area (Å²) in [7, 11) is -3.68. The largest absolute Gasteiger partial charge is 0.461 e. The molecule has 0 aromatic heterocycles. The van der Waals surface area contributed by atoms with E-state index in [0.29, 0.717) is 0 Å². The summed E-state index contributed by atoms with van der Waals surface area (Å²) in [6.07, 6.45) is 0.316. The monoisotopic (exact) mass is 401 g/mol. The molecule has 1 amide bonds. The number of alkyl carbamates (subject to hydrolysis) is 1. The molecule has 1 aromatic rings. The maximum atomic E-state index is 11.9. The molecular formula is C18H27NO7S. The molecule has 27 heavy (non-hydrogen) atoms. The zero-order chi connectivity index (χ0) is 20.5. The Morgan fingerprint density at radius 3 is 2.33 bits per heavy atom. The van der Waals surface area contributed by atoms with Gasteiger partial charge in [-0.15, -0.1) is 0 Å². The molecule has 0 heterocycles. The quantitative estimate of drug-likeness (QED) is 0.500. The molecule has 1 N–H and O–H groups in total. The van der Waals surface area contributed by atoms with Crippen molar-refractivity contribution < 1.29 is 31.7 Å². The van der Waals surface area contributed by atoms with Gasteiger partial charge in [0.05, 0.1) is 18.9 Å². The molecule has 0 aliphatic carbocycles. The van der Waals surface area contributed by atoms with E-state index in [1.807, 2.05) is 30.3 Å². The third-order valence-electron chi connectivity index (χ3n) is 3.14. The second-order valence-electron chi connectivity index (χ2n) is 7.02. The third kappa shape index (κ3) is 12.0. The summed E-state index contributed by atoms with van der Waals surface area (Å²) in [4.78, 5) is 23.8. The molecule has 0 radical (unpaired) electrons. The zero-order valence-electron chi connectivity index (χ0n) is 16.1. The molecule has 0 aliphatic rings. The van der Waals surface area contributed by atoms with Gasteiger partial charge in [0.15, 0.2) is 0 Å². The molecule has 152 valence electrons. The topological polar surface area (TPSA) is 108 Å². The predicted octanol–water partition coefficient (Wildman–Crippen LogP) is 2.38. The van der Waals surface area contributed by atoms with Gasteiger partial charge in [0.1, 0.15) is 12.2 Å². The highest BCUT2D eigenvalue weighted by molar-refractivity contribution is 7.85. The lowest BCUT2D eigenvalue weighted by atomic mass is 10.1. The van der Waals surface area contributed by atoms with Crippen LogP contribution in [-0.2, 0) is 35.2 Å². The van der Waals surface area contributed by atoms with Crippen molar-refractivity contribution in [3.05, 3.63) is 35.9 Å². The highest BCUT2D eigenvalue weighted by Gasteiger charge is 2.21. The Kier molecular flexibility index (Phi) is 8.71. The van der Waals surface area contributed by atoms with Crippen molar-refractivity contribution in [2.75, 3.05) is 12.9 Å². The third-order valence-corrected chi connectivity index (χ3v) is 3.71.